The number of ether oxygens (including phenoxy) is 1. The zero-order valence-electron chi connectivity index (χ0n) is 13.1. The van der Waals surface area contributed by atoms with Gasteiger partial charge in [0.2, 0.25) is 0 Å². The molecular weight excluding hydrogens is 306 g/mol. The number of imide groups is 1. The van der Waals surface area contributed by atoms with E-state index in [9.17, 15) is 14.4 Å². The van der Waals surface area contributed by atoms with Gasteiger partial charge < -0.3 is 4.74 Å². The second-order valence-electron chi connectivity index (χ2n) is 5.36. The largest absolute Gasteiger partial charge is 0.466 e. The summed E-state index contributed by atoms with van der Waals surface area (Å²) in [5, 5.41) is 0. The fourth-order valence-corrected chi connectivity index (χ4v) is 2.83. The minimum absolute atomic E-state index is 0.0261. The van der Waals surface area contributed by atoms with Gasteiger partial charge in [0, 0.05) is 0 Å². The smallest absolute Gasteiger partial charge is 0.335 e. The first kappa shape index (κ1) is 15.7. The summed E-state index contributed by atoms with van der Waals surface area (Å²) in [4.78, 5) is 38.6. The molecule has 0 N–H and O–H groups in total. The van der Waals surface area contributed by atoms with Gasteiger partial charge in [-0.1, -0.05) is 49.0 Å². The fraction of sp³-hybridized carbons (Fsp3) is 0.105. The van der Waals surface area contributed by atoms with Crippen LogP contribution in [0.25, 0.3) is 0 Å². The third-order valence-electron chi connectivity index (χ3n) is 3.98. The lowest BCUT2D eigenvalue weighted by molar-refractivity contribution is -0.136. The molecule has 0 aromatic heterocycles. The number of hydrogen-bond acceptors (Lipinski definition) is 4. The molecule has 1 aliphatic heterocycles. The Morgan fingerprint density at radius 3 is 1.96 bits per heavy atom. The minimum atomic E-state index is -0.911. The third-order valence-corrected chi connectivity index (χ3v) is 3.98. The molecule has 0 aliphatic carbocycles. The predicted molar refractivity (Wildman–Crippen MR) is 87.3 cm³/mol. The number of rotatable bonds is 4. The van der Waals surface area contributed by atoms with Crippen LogP contribution in [0.1, 0.15) is 32.3 Å². The van der Waals surface area contributed by atoms with Gasteiger partial charge in [0.15, 0.2) is 0 Å². The lowest BCUT2D eigenvalue weighted by atomic mass is 9.98. The first-order valence-electron chi connectivity index (χ1n) is 7.35. The van der Waals surface area contributed by atoms with E-state index in [1.54, 1.807) is 48.5 Å². The number of carbonyl (C=O) groups is 3. The summed E-state index contributed by atoms with van der Waals surface area (Å²) in [5.41, 5.74) is 1.28. The van der Waals surface area contributed by atoms with E-state index in [2.05, 4.69) is 6.58 Å². The maximum Gasteiger partial charge on any atom is 0.335 e. The van der Waals surface area contributed by atoms with Crippen molar-refractivity contribution in [2.75, 3.05) is 7.11 Å². The van der Waals surface area contributed by atoms with E-state index in [4.69, 9.17) is 4.74 Å². The molecule has 120 valence electrons. The molecule has 0 radical (unpaired) electrons. The number of benzene rings is 2. The summed E-state index contributed by atoms with van der Waals surface area (Å²) in [7, 11) is 1.23. The van der Waals surface area contributed by atoms with Crippen LogP contribution in [0.15, 0.2) is 66.7 Å². The fourth-order valence-electron chi connectivity index (χ4n) is 2.83. The Labute approximate surface area is 139 Å². The van der Waals surface area contributed by atoms with Gasteiger partial charge >= 0.3 is 5.97 Å². The number of fused-ring (bicyclic) bond motifs is 1. The van der Waals surface area contributed by atoms with E-state index in [0.717, 1.165) is 4.90 Å². The summed E-state index contributed by atoms with van der Waals surface area (Å²) < 4.78 is 4.73. The molecular formula is C19H15NO4. The highest BCUT2D eigenvalue weighted by molar-refractivity contribution is 6.22. The Balaban J connectivity index is 2.11. The summed E-state index contributed by atoms with van der Waals surface area (Å²) in [6.45, 7) is 3.76. The maximum absolute atomic E-state index is 12.7. The van der Waals surface area contributed by atoms with Crippen LogP contribution in [0.5, 0.6) is 0 Å². The Kier molecular flexibility index (Phi) is 4.00. The molecule has 2 amide bonds. The highest BCUT2D eigenvalue weighted by atomic mass is 16.5. The Bertz CT molecular complexity index is 806. The monoisotopic (exact) mass is 321 g/mol. The van der Waals surface area contributed by atoms with Crippen LogP contribution in [-0.4, -0.2) is 29.8 Å². The van der Waals surface area contributed by atoms with Crippen molar-refractivity contribution in [1.82, 2.24) is 4.90 Å². The Morgan fingerprint density at radius 1 is 0.958 bits per heavy atom. The molecule has 0 spiro atoms. The predicted octanol–water partition coefficient (Wildman–Crippen LogP) is 2.75. The number of esters is 1. The SMILES string of the molecule is C=C(C(=O)OC)[C@@H](c1ccccc1)N1C(=O)c2ccccc2C1=O. The van der Waals surface area contributed by atoms with Crippen LogP contribution in [0.3, 0.4) is 0 Å². The standard InChI is InChI=1S/C19H15NO4/c1-12(19(23)24-2)16(13-8-4-3-5-9-13)20-17(21)14-10-6-7-11-15(14)18(20)22/h3-11,16H,1H2,2H3/t16-/m0/s1. The quantitative estimate of drug-likeness (QED) is 0.493. The molecule has 1 heterocycles. The van der Waals surface area contributed by atoms with Gasteiger partial charge in [0.25, 0.3) is 11.8 Å². The van der Waals surface area contributed by atoms with E-state index in [1.807, 2.05) is 6.07 Å². The van der Waals surface area contributed by atoms with Gasteiger partial charge in [0.05, 0.1) is 29.9 Å². The highest BCUT2D eigenvalue weighted by Gasteiger charge is 2.42. The zero-order valence-corrected chi connectivity index (χ0v) is 13.1. The number of nitrogens with zero attached hydrogens (tertiary/aromatic N) is 1. The van der Waals surface area contributed by atoms with Gasteiger partial charge in [-0.3, -0.25) is 14.5 Å². The van der Waals surface area contributed by atoms with Crippen molar-refractivity contribution >= 4 is 17.8 Å². The number of hydrogen-bond donors (Lipinski definition) is 0. The molecule has 2 aromatic rings. The van der Waals surface area contributed by atoms with Crippen molar-refractivity contribution in [1.29, 1.82) is 0 Å². The van der Waals surface area contributed by atoms with E-state index in [0.29, 0.717) is 16.7 Å². The van der Waals surface area contributed by atoms with Crippen LogP contribution in [0.2, 0.25) is 0 Å². The van der Waals surface area contributed by atoms with Gasteiger partial charge in [-0.05, 0) is 17.7 Å². The second kappa shape index (κ2) is 6.12. The molecule has 3 rings (SSSR count). The highest BCUT2D eigenvalue weighted by Crippen LogP contribution is 2.35. The van der Waals surface area contributed by atoms with Crippen molar-refractivity contribution < 1.29 is 19.1 Å². The Morgan fingerprint density at radius 2 is 1.46 bits per heavy atom. The Hall–Kier alpha value is -3.21. The second-order valence-corrected chi connectivity index (χ2v) is 5.36. The van der Waals surface area contributed by atoms with Crippen LogP contribution >= 0.6 is 0 Å². The van der Waals surface area contributed by atoms with Crippen molar-refractivity contribution in [2.24, 2.45) is 0 Å². The summed E-state index contributed by atoms with van der Waals surface area (Å²) >= 11 is 0. The molecule has 1 atom stereocenters. The number of carbonyl (C=O) groups excluding carboxylic acids is 3. The van der Waals surface area contributed by atoms with E-state index in [1.165, 1.54) is 7.11 Å². The summed E-state index contributed by atoms with van der Waals surface area (Å²) in [6.07, 6.45) is 0. The molecule has 2 aromatic carbocycles. The normalized spacial score (nSPS) is 14.3. The van der Waals surface area contributed by atoms with Gasteiger partial charge in [0.1, 0.15) is 0 Å². The molecule has 0 bridgehead atoms. The van der Waals surface area contributed by atoms with Crippen LogP contribution < -0.4 is 0 Å². The molecule has 5 heteroatoms. The van der Waals surface area contributed by atoms with E-state index in [-0.39, 0.29) is 5.57 Å². The average molecular weight is 321 g/mol. The van der Waals surface area contributed by atoms with Crippen molar-refractivity contribution in [3.05, 3.63) is 83.4 Å². The van der Waals surface area contributed by atoms with Crippen molar-refractivity contribution in [3.8, 4) is 0 Å². The number of methoxy groups -OCH3 is 1. The first-order valence-corrected chi connectivity index (χ1v) is 7.35. The number of amides is 2. The van der Waals surface area contributed by atoms with Gasteiger partial charge in [-0.15, -0.1) is 0 Å². The van der Waals surface area contributed by atoms with Crippen LogP contribution in [0, 0.1) is 0 Å². The molecule has 0 unspecified atom stereocenters. The van der Waals surface area contributed by atoms with Crippen molar-refractivity contribution in [3.63, 3.8) is 0 Å². The molecule has 0 saturated heterocycles. The van der Waals surface area contributed by atoms with Crippen LogP contribution in [-0.2, 0) is 9.53 Å². The van der Waals surface area contributed by atoms with Gasteiger partial charge in [-0.25, -0.2) is 4.79 Å². The van der Waals surface area contributed by atoms with Crippen LogP contribution in [0.4, 0.5) is 0 Å². The van der Waals surface area contributed by atoms with Gasteiger partial charge in [-0.2, -0.15) is 0 Å². The summed E-state index contributed by atoms with van der Waals surface area (Å²) in [6, 6.07) is 14.5. The van der Waals surface area contributed by atoms with E-state index < -0.39 is 23.8 Å². The molecule has 0 fully saturated rings. The summed E-state index contributed by atoms with van der Waals surface area (Å²) in [5.74, 6) is -1.57. The lowest BCUT2D eigenvalue weighted by Crippen LogP contribution is -2.36. The van der Waals surface area contributed by atoms with E-state index >= 15 is 0 Å². The average Bonchev–Trinajstić information content (AvgIpc) is 2.87. The molecule has 0 saturated carbocycles. The molecule has 24 heavy (non-hydrogen) atoms. The third kappa shape index (κ3) is 2.40. The molecule has 1 aliphatic rings. The lowest BCUT2D eigenvalue weighted by Gasteiger charge is -2.27. The zero-order chi connectivity index (χ0) is 17.3. The maximum atomic E-state index is 12.7. The minimum Gasteiger partial charge on any atom is -0.466 e. The van der Waals surface area contributed by atoms with Crippen molar-refractivity contribution in [2.45, 2.75) is 6.04 Å². The topological polar surface area (TPSA) is 63.7 Å². The first-order chi connectivity index (χ1) is 11.6. The molecule has 5 nitrogen and oxygen atoms in total.